The van der Waals surface area contributed by atoms with Crippen molar-refractivity contribution in [2.24, 2.45) is 0 Å². The fourth-order valence-electron chi connectivity index (χ4n) is 1.55. The van der Waals surface area contributed by atoms with Crippen molar-refractivity contribution in [3.05, 3.63) is 11.4 Å². The fraction of sp³-hybridized carbons (Fsp3) is 0.636. The Morgan fingerprint density at radius 3 is 2.65 bits per heavy atom. The molecule has 0 fully saturated rings. The summed E-state index contributed by atoms with van der Waals surface area (Å²) in [7, 11) is 0. The summed E-state index contributed by atoms with van der Waals surface area (Å²) in [5.74, 6) is -0.170. The van der Waals surface area contributed by atoms with Crippen molar-refractivity contribution in [2.75, 3.05) is 12.3 Å². The molecule has 0 aliphatic carbocycles. The van der Waals surface area contributed by atoms with Gasteiger partial charge in [0.1, 0.15) is 6.54 Å². The Morgan fingerprint density at radius 2 is 2.24 bits per heavy atom. The highest BCUT2D eigenvalue weighted by atomic mass is 16.3. The molecule has 17 heavy (non-hydrogen) atoms. The number of hydrogen-bond acceptors (Lipinski definition) is 4. The maximum absolute atomic E-state index is 11.7. The Balaban J connectivity index is 2.65. The zero-order chi connectivity index (χ0) is 13.0. The Kier molecular flexibility index (Phi) is 4.51. The lowest BCUT2D eigenvalue weighted by atomic mass is 10.2. The van der Waals surface area contributed by atoms with E-state index in [1.54, 1.807) is 11.6 Å². The van der Waals surface area contributed by atoms with Crippen molar-refractivity contribution in [2.45, 2.75) is 39.8 Å². The van der Waals surface area contributed by atoms with Crippen LogP contribution in [0.1, 0.15) is 24.7 Å². The summed E-state index contributed by atoms with van der Waals surface area (Å²) in [5, 5.41) is 15.9. The number of nitrogens with one attached hydrogen (secondary N) is 1. The number of nitrogens with zero attached hydrogens (tertiary/aromatic N) is 2. The largest absolute Gasteiger partial charge is 0.396 e. The smallest absolute Gasteiger partial charge is 0.242 e. The van der Waals surface area contributed by atoms with E-state index in [1.807, 2.05) is 13.8 Å². The summed E-state index contributed by atoms with van der Waals surface area (Å²) in [4.78, 5) is 11.7. The van der Waals surface area contributed by atoms with Crippen LogP contribution in [0.3, 0.4) is 0 Å². The summed E-state index contributed by atoms with van der Waals surface area (Å²) >= 11 is 0. The molecule has 0 aliphatic heterocycles. The molecule has 0 spiro atoms. The monoisotopic (exact) mass is 240 g/mol. The molecule has 0 aliphatic rings. The number of rotatable bonds is 5. The van der Waals surface area contributed by atoms with Gasteiger partial charge in [0.2, 0.25) is 5.91 Å². The van der Waals surface area contributed by atoms with Crippen LogP contribution in [-0.2, 0) is 11.3 Å². The van der Waals surface area contributed by atoms with Gasteiger partial charge in [0.25, 0.3) is 0 Å². The van der Waals surface area contributed by atoms with E-state index in [2.05, 4.69) is 10.4 Å². The molecule has 1 heterocycles. The minimum absolute atomic E-state index is 0.0541. The van der Waals surface area contributed by atoms with Crippen LogP contribution >= 0.6 is 0 Å². The number of aliphatic hydroxyl groups is 1. The number of aromatic nitrogens is 2. The molecule has 0 bridgehead atoms. The third kappa shape index (κ3) is 3.20. The van der Waals surface area contributed by atoms with Crippen molar-refractivity contribution < 1.29 is 9.90 Å². The maximum Gasteiger partial charge on any atom is 0.242 e. The molecule has 0 aromatic carbocycles. The van der Waals surface area contributed by atoms with Gasteiger partial charge >= 0.3 is 0 Å². The molecule has 0 saturated heterocycles. The third-order valence-electron chi connectivity index (χ3n) is 2.81. The Bertz CT molecular complexity index is 396. The topological polar surface area (TPSA) is 93.2 Å². The molecule has 1 aromatic rings. The van der Waals surface area contributed by atoms with Gasteiger partial charge in [-0.05, 0) is 20.3 Å². The number of nitrogen functional groups attached to an aromatic ring is 1. The molecular formula is C11H20N4O2. The minimum Gasteiger partial charge on any atom is -0.396 e. The first-order valence-corrected chi connectivity index (χ1v) is 5.69. The van der Waals surface area contributed by atoms with E-state index in [0.29, 0.717) is 12.1 Å². The maximum atomic E-state index is 11.7. The molecular weight excluding hydrogens is 220 g/mol. The van der Waals surface area contributed by atoms with E-state index in [1.165, 1.54) is 0 Å². The Morgan fingerprint density at radius 1 is 1.59 bits per heavy atom. The average Bonchev–Trinajstić information content (AvgIpc) is 2.54. The minimum atomic E-state index is -0.197. The van der Waals surface area contributed by atoms with Gasteiger partial charge in [-0.3, -0.25) is 9.48 Å². The van der Waals surface area contributed by atoms with Gasteiger partial charge in [-0.2, -0.15) is 5.10 Å². The van der Waals surface area contributed by atoms with Crippen molar-refractivity contribution in [3.63, 3.8) is 0 Å². The van der Waals surface area contributed by atoms with Crippen LogP contribution in [0.4, 0.5) is 5.69 Å². The number of amides is 1. The second kappa shape index (κ2) is 5.67. The van der Waals surface area contributed by atoms with Gasteiger partial charge in [0.05, 0.1) is 29.7 Å². The second-order valence-electron chi connectivity index (χ2n) is 4.10. The summed E-state index contributed by atoms with van der Waals surface area (Å²) in [5.41, 5.74) is 7.91. The van der Waals surface area contributed by atoms with Crippen LogP contribution in [0.25, 0.3) is 0 Å². The van der Waals surface area contributed by atoms with E-state index < -0.39 is 0 Å². The molecule has 1 rings (SSSR count). The van der Waals surface area contributed by atoms with Gasteiger partial charge < -0.3 is 16.2 Å². The Hall–Kier alpha value is -1.56. The number of carbonyl (C=O) groups excluding carboxylic acids is 1. The normalized spacial score (nSPS) is 12.5. The van der Waals surface area contributed by atoms with E-state index in [-0.39, 0.29) is 25.1 Å². The average molecular weight is 240 g/mol. The number of aryl methyl sites for hydroxylation is 1. The highest BCUT2D eigenvalue weighted by molar-refractivity contribution is 5.76. The van der Waals surface area contributed by atoms with Crippen LogP contribution < -0.4 is 11.1 Å². The molecule has 0 unspecified atom stereocenters. The quantitative estimate of drug-likeness (QED) is 0.673. The fourth-order valence-corrected chi connectivity index (χ4v) is 1.55. The molecule has 96 valence electrons. The van der Waals surface area contributed by atoms with Gasteiger partial charge in [0.15, 0.2) is 0 Å². The predicted molar refractivity (Wildman–Crippen MR) is 65.4 cm³/mol. The lowest BCUT2D eigenvalue weighted by Crippen LogP contribution is -2.39. The SMILES string of the molecule is CC[C@H](CO)NC(=O)Cn1nc(C)c(N)c1C. The van der Waals surface area contributed by atoms with Gasteiger partial charge in [0, 0.05) is 0 Å². The number of hydrogen-bond donors (Lipinski definition) is 3. The van der Waals surface area contributed by atoms with Gasteiger partial charge in [-0.25, -0.2) is 0 Å². The zero-order valence-corrected chi connectivity index (χ0v) is 10.5. The second-order valence-corrected chi connectivity index (χ2v) is 4.10. The zero-order valence-electron chi connectivity index (χ0n) is 10.5. The van der Waals surface area contributed by atoms with E-state index >= 15 is 0 Å². The molecule has 6 heteroatoms. The van der Waals surface area contributed by atoms with Crippen LogP contribution in [0.15, 0.2) is 0 Å². The predicted octanol–water partition coefficient (Wildman–Crippen LogP) is -0.0308. The van der Waals surface area contributed by atoms with Crippen molar-refractivity contribution >= 4 is 11.6 Å². The molecule has 4 N–H and O–H groups in total. The molecule has 1 amide bonds. The number of carbonyl (C=O) groups is 1. The van der Waals surface area contributed by atoms with Crippen molar-refractivity contribution in [1.82, 2.24) is 15.1 Å². The molecule has 1 aromatic heterocycles. The lowest BCUT2D eigenvalue weighted by Gasteiger charge is -2.14. The first-order valence-electron chi connectivity index (χ1n) is 5.69. The van der Waals surface area contributed by atoms with Crippen molar-refractivity contribution in [1.29, 1.82) is 0 Å². The highest BCUT2D eigenvalue weighted by Gasteiger charge is 2.13. The van der Waals surface area contributed by atoms with Crippen LogP contribution in [-0.4, -0.2) is 33.4 Å². The standard InChI is InChI=1S/C11H20N4O2/c1-4-9(6-16)13-10(17)5-15-8(3)11(12)7(2)14-15/h9,16H,4-6,12H2,1-3H3,(H,13,17)/t9-/m1/s1. The molecule has 0 radical (unpaired) electrons. The van der Waals surface area contributed by atoms with Gasteiger partial charge in [-0.15, -0.1) is 0 Å². The summed E-state index contributed by atoms with van der Waals surface area (Å²) in [6.07, 6.45) is 0.696. The summed E-state index contributed by atoms with van der Waals surface area (Å²) in [6.45, 7) is 5.61. The summed E-state index contributed by atoms with van der Waals surface area (Å²) in [6, 6.07) is -0.197. The van der Waals surface area contributed by atoms with E-state index in [4.69, 9.17) is 10.8 Å². The Labute approximate surface area is 101 Å². The first kappa shape index (κ1) is 13.5. The molecule has 1 atom stereocenters. The van der Waals surface area contributed by atoms with Crippen molar-refractivity contribution in [3.8, 4) is 0 Å². The summed E-state index contributed by atoms with van der Waals surface area (Å²) < 4.78 is 1.57. The van der Waals surface area contributed by atoms with E-state index in [0.717, 1.165) is 11.4 Å². The lowest BCUT2D eigenvalue weighted by molar-refractivity contribution is -0.122. The van der Waals surface area contributed by atoms with Gasteiger partial charge in [-0.1, -0.05) is 6.92 Å². The highest BCUT2D eigenvalue weighted by Crippen LogP contribution is 2.14. The molecule has 6 nitrogen and oxygen atoms in total. The van der Waals surface area contributed by atoms with E-state index in [9.17, 15) is 4.79 Å². The number of anilines is 1. The number of aliphatic hydroxyl groups excluding tert-OH is 1. The van der Waals surface area contributed by atoms with Crippen LogP contribution in [0.5, 0.6) is 0 Å². The van der Waals surface area contributed by atoms with Crippen LogP contribution in [0.2, 0.25) is 0 Å². The molecule has 0 saturated carbocycles. The number of nitrogens with two attached hydrogens (primary N) is 1. The third-order valence-corrected chi connectivity index (χ3v) is 2.81. The first-order chi connectivity index (χ1) is 7.99. The van der Waals surface area contributed by atoms with Crippen LogP contribution in [0, 0.1) is 13.8 Å².